The molecule has 3 rings (SSSR count). The Hall–Kier alpha value is -2.71. The predicted molar refractivity (Wildman–Crippen MR) is 133 cm³/mol. The van der Waals surface area contributed by atoms with E-state index in [9.17, 15) is 18.0 Å². The van der Waals surface area contributed by atoms with Crippen LogP contribution in [-0.2, 0) is 32.6 Å². The highest BCUT2D eigenvalue weighted by Gasteiger charge is 2.40. The predicted octanol–water partition coefficient (Wildman–Crippen LogP) is 3.30. The smallest absolute Gasteiger partial charge is 0.243 e. The highest BCUT2D eigenvalue weighted by Crippen LogP contribution is 2.24. The van der Waals surface area contributed by atoms with Crippen LogP contribution in [-0.4, -0.2) is 55.1 Å². The molecular weight excluding hydrogens is 450 g/mol. The first-order chi connectivity index (χ1) is 16.1. The van der Waals surface area contributed by atoms with Crippen molar-refractivity contribution in [1.29, 1.82) is 0 Å². The summed E-state index contributed by atoms with van der Waals surface area (Å²) in [6.45, 7) is 8.28. The standard InChI is InChI=1S/C26H35N3O4S/c1-5-6-21-7-9-22(10-8-21)17-27-26(31)25-18-28(20(4)30)15-16-29(25)34(32,33)24-13-11-23(12-14-24)19(2)3/h7-14,19,25H,5-6,15-18H2,1-4H3,(H,27,31). The van der Waals surface area contributed by atoms with Crippen LogP contribution in [0, 0.1) is 0 Å². The molecule has 2 amide bonds. The first kappa shape index (κ1) is 25.9. The van der Waals surface area contributed by atoms with Gasteiger partial charge >= 0.3 is 0 Å². The number of hydrogen-bond acceptors (Lipinski definition) is 4. The van der Waals surface area contributed by atoms with Gasteiger partial charge in [-0.1, -0.05) is 63.6 Å². The largest absolute Gasteiger partial charge is 0.351 e. The van der Waals surface area contributed by atoms with Crippen molar-refractivity contribution < 1.29 is 18.0 Å². The molecule has 184 valence electrons. The zero-order valence-corrected chi connectivity index (χ0v) is 21.3. The molecule has 0 spiro atoms. The van der Waals surface area contributed by atoms with Gasteiger partial charge < -0.3 is 10.2 Å². The number of benzene rings is 2. The van der Waals surface area contributed by atoms with Crippen LogP contribution in [0.3, 0.4) is 0 Å². The van der Waals surface area contributed by atoms with Crippen LogP contribution in [0.4, 0.5) is 0 Å². The van der Waals surface area contributed by atoms with E-state index in [1.165, 1.54) is 21.7 Å². The second-order valence-electron chi connectivity index (χ2n) is 9.10. The molecule has 0 aromatic heterocycles. The molecule has 2 aromatic carbocycles. The van der Waals surface area contributed by atoms with E-state index in [0.29, 0.717) is 6.54 Å². The van der Waals surface area contributed by atoms with E-state index in [1.807, 2.05) is 38.1 Å². The molecule has 1 aliphatic rings. The number of hydrogen-bond donors (Lipinski definition) is 1. The van der Waals surface area contributed by atoms with Crippen molar-refractivity contribution in [3.8, 4) is 0 Å². The fourth-order valence-electron chi connectivity index (χ4n) is 4.13. The Morgan fingerprint density at radius 2 is 1.62 bits per heavy atom. The van der Waals surface area contributed by atoms with Crippen LogP contribution in [0.5, 0.6) is 0 Å². The van der Waals surface area contributed by atoms with Crippen LogP contribution < -0.4 is 5.32 Å². The van der Waals surface area contributed by atoms with Crippen LogP contribution in [0.15, 0.2) is 53.4 Å². The Morgan fingerprint density at radius 3 is 2.18 bits per heavy atom. The fraction of sp³-hybridized carbons (Fsp3) is 0.462. The zero-order valence-electron chi connectivity index (χ0n) is 20.5. The van der Waals surface area contributed by atoms with Crippen LogP contribution in [0.2, 0.25) is 0 Å². The molecule has 1 aliphatic heterocycles. The Kier molecular flexibility index (Phi) is 8.49. The molecule has 1 heterocycles. The maximum Gasteiger partial charge on any atom is 0.243 e. The van der Waals surface area contributed by atoms with Crippen molar-refractivity contribution in [2.75, 3.05) is 19.6 Å². The highest BCUT2D eigenvalue weighted by molar-refractivity contribution is 7.89. The third-order valence-corrected chi connectivity index (χ3v) is 8.18. The number of carbonyl (C=O) groups is 2. The molecular formula is C26H35N3O4S. The Balaban J connectivity index is 1.79. The lowest BCUT2D eigenvalue weighted by atomic mass is 10.0. The van der Waals surface area contributed by atoms with Gasteiger partial charge in [0.1, 0.15) is 6.04 Å². The number of rotatable bonds is 8. The van der Waals surface area contributed by atoms with Gasteiger partial charge in [-0.3, -0.25) is 9.59 Å². The first-order valence-corrected chi connectivity index (χ1v) is 13.3. The van der Waals surface area contributed by atoms with E-state index in [2.05, 4.69) is 12.2 Å². The van der Waals surface area contributed by atoms with E-state index in [1.54, 1.807) is 24.3 Å². The minimum atomic E-state index is -3.91. The minimum Gasteiger partial charge on any atom is -0.351 e. The molecule has 7 nitrogen and oxygen atoms in total. The number of sulfonamides is 1. The van der Waals surface area contributed by atoms with Gasteiger partial charge in [0.2, 0.25) is 21.8 Å². The fourth-order valence-corrected chi connectivity index (χ4v) is 5.70. The molecule has 1 fully saturated rings. The van der Waals surface area contributed by atoms with Crippen molar-refractivity contribution in [3.05, 3.63) is 65.2 Å². The average molecular weight is 486 g/mol. The number of amides is 2. The summed E-state index contributed by atoms with van der Waals surface area (Å²) in [5.74, 6) is -0.306. The lowest BCUT2D eigenvalue weighted by Crippen LogP contribution is -2.61. The number of nitrogens with one attached hydrogen (secondary N) is 1. The van der Waals surface area contributed by atoms with Crippen molar-refractivity contribution in [3.63, 3.8) is 0 Å². The van der Waals surface area contributed by atoms with Crippen molar-refractivity contribution in [1.82, 2.24) is 14.5 Å². The summed E-state index contributed by atoms with van der Waals surface area (Å²) in [4.78, 5) is 26.8. The van der Waals surface area contributed by atoms with E-state index in [4.69, 9.17) is 0 Å². The summed E-state index contributed by atoms with van der Waals surface area (Å²) in [7, 11) is -3.91. The summed E-state index contributed by atoms with van der Waals surface area (Å²) >= 11 is 0. The lowest BCUT2D eigenvalue weighted by Gasteiger charge is -2.39. The highest BCUT2D eigenvalue weighted by atomic mass is 32.2. The third kappa shape index (κ3) is 6.04. The lowest BCUT2D eigenvalue weighted by molar-refractivity contribution is -0.134. The molecule has 0 radical (unpaired) electrons. The van der Waals surface area contributed by atoms with Crippen LogP contribution >= 0.6 is 0 Å². The van der Waals surface area contributed by atoms with Crippen molar-refractivity contribution in [2.45, 2.75) is 63.9 Å². The molecule has 2 aromatic rings. The summed E-state index contributed by atoms with van der Waals surface area (Å²) < 4.78 is 28.2. The maximum atomic E-state index is 13.5. The second kappa shape index (κ2) is 11.1. The van der Waals surface area contributed by atoms with Crippen molar-refractivity contribution >= 4 is 21.8 Å². The summed E-state index contributed by atoms with van der Waals surface area (Å²) in [5.41, 5.74) is 3.22. The normalized spacial score (nSPS) is 17.1. The van der Waals surface area contributed by atoms with Gasteiger partial charge in [0.05, 0.1) is 4.90 Å². The summed E-state index contributed by atoms with van der Waals surface area (Å²) in [5, 5.41) is 2.87. The van der Waals surface area contributed by atoms with Gasteiger partial charge in [-0.15, -0.1) is 0 Å². The van der Waals surface area contributed by atoms with Gasteiger partial charge in [0, 0.05) is 33.1 Å². The molecule has 34 heavy (non-hydrogen) atoms. The minimum absolute atomic E-state index is 0.0277. The molecule has 8 heteroatoms. The number of piperazine rings is 1. The van der Waals surface area contributed by atoms with E-state index < -0.39 is 22.0 Å². The van der Waals surface area contributed by atoms with E-state index in [0.717, 1.165) is 24.0 Å². The maximum absolute atomic E-state index is 13.5. The molecule has 0 bridgehead atoms. The second-order valence-corrected chi connectivity index (χ2v) is 11.0. The van der Waals surface area contributed by atoms with E-state index in [-0.39, 0.29) is 36.4 Å². The number of aryl methyl sites for hydroxylation is 1. The average Bonchev–Trinajstić information content (AvgIpc) is 2.83. The molecule has 1 atom stereocenters. The van der Waals surface area contributed by atoms with Gasteiger partial charge in [0.15, 0.2) is 0 Å². The Bertz CT molecular complexity index is 1100. The Labute approximate surface area is 203 Å². The molecule has 1 saturated heterocycles. The molecule has 0 saturated carbocycles. The van der Waals surface area contributed by atoms with E-state index >= 15 is 0 Å². The first-order valence-electron chi connectivity index (χ1n) is 11.9. The summed E-state index contributed by atoms with van der Waals surface area (Å²) in [6, 6.07) is 13.8. The topological polar surface area (TPSA) is 86.8 Å². The van der Waals surface area contributed by atoms with Crippen LogP contribution in [0.1, 0.15) is 56.7 Å². The van der Waals surface area contributed by atoms with Gasteiger partial charge in [-0.25, -0.2) is 8.42 Å². The van der Waals surface area contributed by atoms with Crippen LogP contribution in [0.25, 0.3) is 0 Å². The Morgan fingerprint density at radius 1 is 1.00 bits per heavy atom. The SMILES string of the molecule is CCCc1ccc(CNC(=O)C2CN(C(C)=O)CCN2S(=O)(=O)c2ccc(C(C)C)cc2)cc1. The molecule has 1 N–H and O–H groups in total. The third-order valence-electron chi connectivity index (χ3n) is 6.26. The number of nitrogens with zero attached hydrogens (tertiary/aromatic N) is 2. The molecule has 1 unspecified atom stereocenters. The van der Waals surface area contributed by atoms with Gasteiger partial charge in [-0.2, -0.15) is 4.31 Å². The monoisotopic (exact) mass is 485 g/mol. The van der Waals surface area contributed by atoms with Gasteiger partial charge in [0.25, 0.3) is 0 Å². The zero-order chi connectivity index (χ0) is 24.9. The quantitative estimate of drug-likeness (QED) is 0.622. The molecule has 0 aliphatic carbocycles. The summed E-state index contributed by atoms with van der Waals surface area (Å²) in [6.07, 6.45) is 2.06. The van der Waals surface area contributed by atoms with Gasteiger partial charge in [-0.05, 0) is 41.2 Å². The van der Waals surface area contributed by atoms with Crippen molar-refractivity contribution in [2.24, 2.45) is 0 Å². The number of carbonyl (C=O) groups excluding carboxylic acids is 2.